The molecule has 0 aliphatic rings. The van der Waals surface area contributed by atoms with Gasteiger partial charge in [0.1, 0.15) is 0 Å². The number of carbonyl (C=O) groups excluding carboxylic acids is 1. The Kier molecular flexibility index (Phi) is 6.97. The SMILES string of the molecule is COc1ccc(CCNC(=O)CCc2nc(-c3ccccn3)cs2)cc1OC. The highest BCUT2D eigenvalue weighted by Gasteiger charge is 2.09. The van der Waals surface area contributed by atoms with Crippen LogP contribution in [0.2, 0.25) is 0 Å². The van der Waals surface area contributed by atoms with Crippen molar-refractivity contribution in [1.29, 1.82) is 0 Å². The number of nitrogens with one attached hydrogen (secondary N) is 1. The Morgan fingerprint density at radius 2 is 1.93 bits per heavy atom. The number of hydrogen-bond donors (Lipinski definition) is 1. The third kappa shape index (κ3) is 5.29. The van der Waals surface area contributed by atoms with Gasteiger partial charge in [-0.05, 0) is 36.2 Å². The molecule has 0 bridgehead atoms. The minimum absolute atomic E-state index is 0.0232. The van der Waals surface area contributed by atoms with Crippen molar-refractivity contribution >= 4 is 17.2 Å². The highest BCUT2D eigenvalue weighted by Crippen LogP contribution is 2.27. The molecule has 7 heteroatoms. The molecule has 0 saturated carbocycles. The van der Waals surface area contributed by atoms with Crippen LogP contribution in [-0.2, 0) is 17.6 Å². The molecule has 3 rings (SSSR count). The Balaban J connectivity index is 1.43. The summed E-state index contributed by atoms with van der Waals surface area (Å²) >= 11 is 1.56. The molecule has 1 N–H and O–H groups in total. The zero-order chi connectivity index (χ0) is 19.8. The van der Waals surface area contributed by atoms with Gasteiger partial charge in [0, 0.05) is 31.0 Å². The summed E-state index contributed by atoms with van der Waals surface area (Å²) in [6.07, 6.45) is 3.52. The number of aromatic nitrogens is 2. The van der Waals surface area contributed by atoms with E-state index in [0.29, 0.717) is 30.9 Å². The van der Waals surface area contributed by atoms with E-state index in [2.05, 4.69) is 15.3 Å². The van der Waals surface area contributed by atoms with Crippen LogP contribution in [0, 0.1) is 0 Å². The molecule has 0 saturated heterocycles. The normalized spacial score (nSPS) is 10.5. The van der Waals surface area contributed by atoms with Crippen molar-refractivity contribution in [2.24, 2.45) is 0 Å². The van der Waals surface area contributed by atoms with E-state index in [0.717, 1.165) is 28.4 Å². The molecule has 0 spiro atoms. The van der Waals surface area contributed by atoms with E-state index < -0.39 is 0 Å². The molecule has 0 radical (unpaired) electrons. The Hall–Kier alpha value is -2.93. The van der Waals surface area contributed by atoms with E-state index in [9.17, 15) is 4.79 Å². The van der Waals surface area contributed by atoms with Crippen molar-refractivity contribution in [3.63, 3.8) is 0 Å². The Morgan fingerprint density at radius 3 is 2.68 bits per heavy atom. The zero-order valence-electron chi connectivity index (χ0n) is 16.0. The second-order valence-electron chi connectivity index (χ2n) is 6.13. The van der Waals surface area contributed by atoms with Gasteiger partial charge in [-0.1, -0.05) is 12.1 Å². The maximum absolute atomic E-state index is 12.1. The fourth-order valence-electron chi connectivity index (χ4n) is 2.75. The first-order valence-corrected chi connectivity index (χ1v) is 9.91. The molecular weight excluding hydrogens is 374 g/mol. The summed E-state index contributed by atoms with van der Waals surface area (Å²) in [5, 5.41) is 5.88. The Morgan fingerprint density at radius 1 is 1.07 bits per heavy atom. The molecule has 0 unspecified atom stereocenters. The summed E-state index contributed by atoms with van der Waals surface area (Å²) in [6.45, 7) is 0.575. The monoisotopic (exact) mass is 397 g/mol. The molecular formula is C21H23N3O3S. The number of thiazole rings is 1. The predicted molar refractivity (Wildman–Crippen MR) is 110 cm³/mol. The lowest BCUT2D eigenvalue weighted by Crippen LogP contribution is -2.25. The van der Waals surface area contributed by atoms with Gasteiger partial charge in [-0.3, -0.25) is 9.78 Å². The molecule has 2 aromatic heterocycles. The highest BCUT2D eigenvalue weighted by molar-refractivity contribution is 7.09. The molecule has 146 valence electrons. The van der Waals surface area contributed by atoms with Crippen molar-refractivity contribution < 1.29 is 14.3 Å². The van der Waals surface area contributed by atoms with Gasteiger partial charge in [0.05, 0.1) is 30.6 Å². The molecule has 3 aromatic rings. The largest absolute Gasteiger partial charge is 0.493 e. The average molecular weight is 398 g/mol. The number of rotatable bonds is 9. The Bertz CT molecular complexity index is 912. The summed E-state index contributed by atoms with van der Waals surface area (Å²) in [7, 11) is 3.22. The van der Waals surface area contributed by atoms with E-state index in [-0.39, 0.29) is 5.91 Å². The molecule has 2 heterocycles. The molecule has 28 heavy (non-hydrogen) atoms. The number of hydrogen-bond acceptors (Lipinski definition) is 6. The van der Waals surface area contributed by atoms with E-state index in [4.69, 9.17) is 9.47 Å². The molecule has 6 nitrogen and oxygen atoms in total. The van der Waals surface area contributed by atoms with Crippen molar-refractivity contribution in [3.05, 3.63) is 58.5 Å². The van der Waals surface area contributed by atoms with Gasteiger partial charge in [0.2, 0.25) is 5.91 Å². The van der Waals surface area contributed by atoms with Crippen LogP contribution in [0.3, 0.4) is 0 Å². The lowest BCUT2D eigenvalue weighted by molar-refractivity contribution is -0.121. The first-order chi connectivity index (χ1) is 13.7. The van der Waals surface area contributed by atoms with Crippen LogP contribution in [0.25, 0.3) is 11.4 Å². The molecule has 0 aliphatic carbocycles. The summed E-state index contributed by atoms with van der Waals surface area (Å²) < 4.78 is 10.5. The number of aryl methyl sites for hydroxylation is 1. The molecule has 1 aromatic carbocycles. The minimum atomic E-state index is 0.0232. The number of pyridine rings is 1. The highest BCUT2D eigenvalue weighted by atomic mass is 32.1. The summed E-state index contributed by atoms with van der Waals surface area (Å²) in [4.78, 5) is 21.0. The number of ether oxygens (including phenoxy) is 2. The average Bonchev–Trinajstić information content (AvgIpc) is 3.22. The van der Waals surface area contributed by atoms with E-state index in [1.807, 2.05) is 41.8 Å². The number of nitrogens with zero attached hydrogens (tertiary/aromatic N) is 2. The second kappa shape index (κ2) is 9.85. The molecule has 0 aliphatic heterocycles. The Labute approximate surface area is 168 Å². The molecule has 1 amide bonds. The van der Waals surface area contributed by atoms with Crippen LogP contribution >= 0.6 is 11.3 Å². The fourth-order valence-corrected chi connectivity index (χ4v) is 3.54. The first kappa shape index (κ1) is 19.8. The predicted octanol–water partition coefficient (Wildman–Crippen LogP) is 3.51. The van der Waals surface area contributed by atoms with Gasteiger partial charge in [0.25, 0.3) is 0 Å². The van der Waals surface area contributed by atoms with E-state index in [1.165, 1.54) is 0 Å². The smallest absolute Gasteiger partial charge is 0.220 e. The third-order valence-electron chi connectivity index (χ3n) is 4.23. The van der Waals surface area contributed by atoms with Crippen molar-refractivity contribution in [2.45, 2.75) is 19.3 Å². The lowest BCUT2D eigenvalue weighted by atomic mass is 10.1. The number of carbonyl (C=O) groups is 1. The first-order valence-electron chi connectivity index (χ1n) is 9.03. The molecule has 0 fully saturated rings. The van der Waals surface area contributed by atoms with Gasteiger partial charge >= 0.3 is 0 Å². The maximum atomic E-state index is 12.1. The third-order valence-corrected chi connectivity index (χ3v) is 5.14. The quantitative estimate of drug-likeness (QED) is 0.598. The van der Waals surface area contributed by atoms with Crippen LogP contribution in [0.1, 0.15) is 17.0 Å². The zero-order valence-corrected chi connectivity index (χ0v) is 16.8. The van der Waals surface area contributed by atoms with Crippen LogP contribution in [-0.4, -0.2) is 36.6 Å². The van der Waals surface area contributed by atoms with E-state index >= 15 is 0 Å². The van der Waals surface area contributed by atoms with E-state index in [1.54, 1.807) is 31.8 Å². The van der Waals surface area contributed by atoms with Crippen molar-refractivity contribution in [3.8, 4) is 22.9 Å². The van der Waals surface area contributed by atoms with Crippen LogP contribution < -0.4 is 14.8 Å². The standard InChI is InChI=1S/C21H23N3O3S/c1-26-18-7-6-15(13-19(18)27-2)10-12-23-20(25)8-9-21-24-17(14-28-21)16-5-3-4-11-22-16/h3-7,11,13-14H,8-10,12H2,1-2H3,(H,23,25). The van der Waals surface area contributed by atoms with Gasteiger partial charge in [-0.15, -0.1) is 11.3 Å². The van der Waals surface area contributed by atoms with Crippen LogP contribution in [0.4, 0.5) is 0 Å². The molecule has 0 atom stereocenters. The number of amides is 1. The van der Waals surface area contributed by atoms with Gasteiger partial charge < -0.3 is 14.8 Å². The lowest BCUT2D eigenvalue weighted by Gasteiger charge is -2.10. The summed E-state index contributed by atoms with van der Waals surface area (Å²) in [6, 6.07) is 11.5. The van der Waals surface area contributed by atoms with Crippen LogP contribution in [0.15, 0.2) is 48.0 Å². The summed E-state index contributed by atoms with van der Waals surface area (Å²) in [5.74, 6) is 1.41. The van der Waals surface area contributed by atoms with Crippen LogP contribution in [0.5, 0.6) is 11.5 Å². The topological polar surface area (TPSA) is 73.3 Å². The minimum Gasteiger partial charge on any atom is -0.493 e. The number of methoxy groups -OCH3 is 2. The van der Waals surface area contributed by atoms with Crippen molar-refractivity contribution in [1.82, 2.24) is 15.3 Å². The second-order valence-corrected chi connectivity index (χ2v) is 7.07. The summed E-state index contributed by atoms with van der Waals surface area (Å²) in [5.41, 5.74) is 2.79. The fraction of sp³-hybridized carbons (Fsp3) is 0.286. The van der Waals surface area contributed by atoms with Gasteiger partial charge in [-0.2, -0.15) is 0 Å². The van der Waals surface area contributed by atoms with Gasteiger partial charge in [0.15, 0.2) is 11.5 Å². The maximum Gasteiger partial charge on any atom is 0.220 e. The van der Waals surface area contributed by atoms with Crippen molar-refractivity contribution in [2.75, 3.05) is 20.8 Å². The number of benzene rings is 1. The van der Waals surface area contributed by atoms with Gasteiger partial charge in [-0.25, -0.2) is 4.98 Å².